The Morgan fingerprint density at radius 3 is 2.00 bits per heavy atom. The van der Waals surface area contributed by atoms with Crippen molar-refractivity contribution in [1.82, 2.24) is 0 Å². The van der Waals surface area contributed by atoms with Gasteiger partial charge >= 0.3 is 13.7 Å². The fourth-order valence-corrected chi connectivity index (χ4v) is 4.76. The summed E-state index contributed by atoms with van der Waals surface area (Å²) in [4.78, 5) is 14.4. The highest BCUT2D eigenvalue weighted by Crippen LogP contribution is 2.54. The van der Waals surface area contributed by atoms with Crippen LogP contribution in [0, 0.1) is 12.3 Å². The molecular formula is C26H27N2O5P. The van der Waals surface area contributed by atoms with Crippen LogP contribution in [0.4, 0.5) is 16.2 Å². The summed E-state index contributed by atoms with van der Waals surface area (Å²) in [6, 6.07) is 23.9. The fourth-order valence-electron chi connectivity index (χ4n) is 3.08. The molecule has 0 aliphatic carbocycles. The number of carbonyl (C=O) groups is 1. The van der Waals surface area contributed by atoms with Gasteiger partial charge in [0, 0.05) is 17.8 Å². The number of benzene rings is 3. The SMILES string of the molecule is C#CCCCOC(=O)N(c1ccc(N)cc1)C(C)P(=O)(Oc1ccccc1)Oc1ccccc1. The first-order valence-corrected chi connectivity index (χ1v) is 12.4. The van der Waals surface area contributed by atoms with Crippen molar-refractivity contribution in [3.63, 3.8) is 0 Å². The van der Waals surface area contributed by atoms with Gasteiger partial charge in [0.15, 0.2) is 5.78 Å². The summed E-state index contributed by atoms with van der Waals surface area (Å²) >= 11 is 0. The zero-order chi connectivity index (χ0) is 24.4. The van der Waals surface area contributed by atoms with Gasteiger partial charge in [0.05, 0.1) is 6.61 Å². The van der Waals surface area contributed by atoms with Crippen LogP contribution >= 0.6 is 7.60 Å². The van der Waals surface area contributed by atoms with E-state index in [1.54, 1.807) is 79.7 Å². The van der Waals surface area contributed by atoms with Gasteiger partial charge in [0.1, 0.15) is 11.5 Å². The number of nitrogen functional groups attached to an aromatic ring is 1. The Hall–Kier alpha value is -3.88. The van der Waals surface area contributed by atoms with Crippen molar-refractivity contribution in [1.29, 1.82) is 0 Å². The van der Waals surface area contributed by atoms with Crippen LogP contribution in [-0.4, -0.2) is 18.5 Å². The second kappa shape index (κ2) is 11.8. The number of carbonyl (C=O) groups excluding carboxylic acids is 1. The Balaban J connectivity index is 1.98. The van der Waals surface area contributed by atoms with Gasteiger partial charge in [-0.05, 0) is 61.9 Å². The fraction of sp³-hybridized carbons (Fsp3) is 0.192. The molecule has 7 nitrogen and oxygen atoms in total. The first-order valence-electron chi connectivity index (χ1n) is 10.8. The molecule has 2 N–H and O–H groups in total. The van der Waals surface area contributed by atoms with Crippen LogP contribution in [0.3, 0.4) is 0 Å². The molecule has 0 saturated carbocycles. The topological polar surface area (TPSA) is 91.1 Å². The minimum absolute atomic E-state index is 0.116. The molecule has 1 atom stereocenters. The molecule has 3 aromatic carbocycles. The summed E-state index contributed by atoms with van der Waals surface area (Å²) < 4.78 is 31.5. The van der Waals surface area contributed by atoms with Crippen LogP contribution in [0.15, 0.2) is 84.9 Å². The third-order valence-corrected chi connectivity index (χ3v) is 6.92. The van der Waals surface area contributed by atoms with Crippen molar-refractivity contribution in [3.8, 4) is 23.8 Å². The zero-order valence-electron chi connectivity index (χ0n) is 18.9. The number of amides is 1. The summed E-state index contributed by atoms with van der Waals surface area (Å²) in [5.74, 6) is 2.13. The number of hydrogen-bond acceptors (Lipinski definition) is 6. The number of rotatable bonds is 10. The highest BCUT2D eigenvalue weighted by atomic mass is 31.2. The molecule has 0 aromatic heterocycles. The van der Waals surface area contributed by atoms with E-state index >= 15 is 0 Å². The molecule has 1 unspecified atom stereocenters. The lowest BCUT2D eigenvalue weighted by Gasteiger charge is -2.33. The predicted octanol–water partition coefficient (Wildman–Crippen LogP) is 6.32. The maximum absolute atomic E-state index is 14.3. The molecule has 0 heterocycles. The van der Waals surface area contributed by atoms with Crippen LogP contribution in [0.5, 0.6) is 11.5 Å². The lowest BCUT2D eigenvalue weighted by atomic mass is 10.2. The molecule has 0 aliphatic heterocycles. The minimum Gasteiger partial charge on any atom is -0.449 e. The second-order valence-electron chi connectivity index (χ2n) is 7.36. The third kappa shape index (κ3) is 6.57. The maximum Gasteiger partial charge on any atom is 0.453 e. The van der Waals surface area contributed by atoms with E-state index in [1.807, 2.05) is 12.1 Å². The number of hydrogen-bond donors (Lipinski definition) is 1. The average Bonchev–Trinajstić information content (AvgIpc) is 2.84. The number of unbranched alkanes of at least 4 members (excludes halogenated alkanes) is 1. The monoisotopic (exact) mass is 478 g/mol. The normalized spacial score (nSPS) is 11.6. The summed E-state index contributed by atoms with van der Waals surface area (Å²) in [6.07, 6.45) is 5.55. The lowest BCUT2D eigenvalue weighted by molar-refractivity contribution is 0.151. The van der Waals surface area contributed by atoms with Gasteiger partial charge in [-0.2, -0.15) is 0 Å². The van der Waals surface area contributed by atoms with Gasteiger partial charge in [-0.25, -0.2) is 9.36 Å². The molecule has 34 heavy (non-hydrogen) atoms. The van der Waals surface area contributed by atoms with E-state index in [0.29, 0.717) is 35.7 Å². The highest BCUT2D eigenvalue weighted by Gasteiger charge is 2.43. The van der Waals surface area contributed by atoms with Gasteiger partial charge in [0.2, 0.25) is 0 Å². The summed E-state index contributed by atoms with van der Waals surface area (Å²) in [5.41, 5.74) is 6.77. The number of ether oxygens (including phenoxy) is 1. The smallest absolute Gasteiger partial charge is 0.449 e. The van der Waals surface area contributed by atoms with Gasteiger partial charge in [-0.15, -0.1) is 12.3 Å². The van der Waals surface area contributed by atoms with E-state index in [2.05, 4.69) is 5.92 Å². The first kappa shape index (κ1) is 24.8. The number of terminal acetylenes is 1. The molecule has 3 aromatic rings. The van der Waals surface area contributed by atoms with Crippen molar-refractivity contribution in [2.75, 3.05) is 17.2 Å². The Kier molecular flexibility index (Phi) is 8.61. The Labute approximate surface area is 200 Å². The van der Waals surface area contributed by atoms with Crippen molar-refractivity contribution < 1.29 is 23.1 Å². The third-order valence-electron chi connectivity index (χ3n) is 4.84. The van der Waals surface area contributed by atoms with Crippen LogP contribution < -0.4 is 19.7 Å². The van der Waals surface area contributed by atoms with Gasteiger partial charge in [-0.3, -0.25) is 4.90 Å². The molecule has 0 saturated heterocycles. The Morgan fingerprint density at radius 2 is 1.50 bits per heavy atom. The lowest BCUT2D eigenvalue weighted by Crippen LogP contribution is -2.41. The van der Waals surface area contributed by atoms with Gasteiger partial charge in [0.25, 0.3) is 0 Å². The highest BCUT2D eigenvalue weighted by molar-refractivity contribution is 7.55. The minimum atomic E-state index is -4.02. The van der Waals surface area contributed by atoms with Crippen molar-refractivity contribution >= 4 is 25.1 Å². The van der Waals surface area contributed by atoms with Crippen molar-refractivity contribution in [2.24, 2.45) is 0 Å². The summed E-state index contributed by atoms with van der Waals surface area (Å²) in [6.45, 7) is 1.70. The molecule has 0 radical (unpaired) electrons. The molecule has 0 fully saturated rings. The predicted molar refractivity (Wildman–Crippen MR) is 134 cm³/mol. The van der Waals surface area contributed by atoms with Crippen molar-refractivity contribution in [3.05, 3.63) is 84.9 Å². The molecular weight excluding hydrogens is 451 g/mol. The standard InChI is InChI=1S/C26H27N2O5P/c1-3-4-11-20-31-26(29)28(23-18-16-22(27)17-19-23)21(2)34(30,32-24-12-7-5-8-13-24)33-25-14-9-6-10-15-25/h1,5-10,12-19,21H,4,11,20,27H2,2H3. The van der Waals surface area contributed by atoms with Crippen molar-refractivity contribution in [2.45, 2.75) is 25.5 Å². The van der Waals surface area contributed by atoms with Crippen LogP contribution in [0.25, 0.3) is 0 Å². The van der Waals surface area contributed by atoms with E-state index in [0.717, 1.165) is 0 Å². The summed E-state index contributed by atoms with van der Waals surface area (Å²) in [5, 5.41) is 0. The van der Waals surface area contributed by atoms with Crippen LogP contribution in [0.2, 0.25) is 0 Å². The first-order chi connectivity index (χ1) is 16.4. The molecule has 0 aliphatic rings. The van der Waals surface area contributed by atoms with Gasteiger partial charge < -0.3 is 19.5 Å². The zero-order valence-corrected chi connectivity index (χ0v) is 19.8. The number of nitrogens with zero attached hydrogens (tertiary/aromatic N) is 1. The van der Waals surface area contributed by atoms with Gasteiger partial charge in [-0.1, -0.05) is 36.4 Å². The molecule has 176 valence electrons. The van der Waals surface area contributed by atoms with Crippen LogP contribution in [-0.2, 0) is 9.30 Å². The number of para-hydroxylation sites is 2. The quantitative estimate of drug-likeness (QED) is 0.159. The number of anilines is 2. The molecule has 3 rings (SSSR count). The maximum atomic E-state index is 14.3. The van der Waals surface area contributed by atoms with E-state index in [4.69, 9.17) is 25.9 Å². The molecule has 0 spiro atoms. The van der Waals surface area contributed by atoms with Crippen LogP contribution in [0.1, 0.15) is 19.8 Å². The van der Waals surface area contributed by atoms with E-state index < -0.39 is 19.5 Å². The van der Waals surface area contributed by atoms with E-state index in [9.17, 15) is 9.36 Å². The molecule has 8 heteroatoms. The van der Waals surface area contributed by atoms with E-state index in [-0.39, 0.29) is 6.61 Å². The summed E-state index contributed by atoms with van der Waals surface area (Å²) in [7, 11) is -4.02. The molecule has 0 bridgehead atoms. The Bertz CT molecular complexity index is 1100. The largest absolute Gasteiger partial charge is 0.453 e. The Morgan fingerprint density at radius 1 is 0.971 bits per heavy atom. The molecule has 1 amide bonds. The van der Waals surface area contributed by atoms with E-state index in [1.165, 1.54) is 4.90 Å². The second-order valence-corrected chi connectivity index (χ2v) is 9.56. The number of nitrogens with two attached hydrogens (primary N) is 1. The average molecular weight is 478 g/mol.